The van der Waals surface area contributed by atoms with Crippen LogP contribution in [0.25, 0.3) is 10.2 Å². The molecule has 0 aliphatic rings. The van der Waals surface area contributed by atoms with Gasteiger partial charge in [-0.3, -0.25) is 0 Å². The van der Waals surface area contributed by atoms with Gasteiger partial charge in [0.05, 0.1) is 10.2 Å². The van der Waals surface area contributed by atoms with Crippen LogP contribution >= 0.6 is 27.3 Å². The average Bonchev–Trinajstić information content (AvgIpc) is 2.76. The van der Waals surface area contributed by atoms with Gasteiger partial charge >= 0.3 is 0 Å². The van der Waals surface area contributed by atoms with E-state index >= 15 is 0 Å². The van der Waals surface area contributed by atoms with E-state index in [4.69, 9.17) is 4.98 Å². The Kier molecular flexibility index (Phi) is 3.76. The van der Waals surface area contributed by atoms with Crippen LogP contribution in [0.1, 0.15) is 22.3 Å². The van der Waals surface area contributed by atoms with E-state index in [-0.39, 0.29) is 0 Å². The van der Waals surface area contributed by atoms with Crippen molar-refractivity contribution in [2.75, 3.05) is 5.32 Å². The zero-order chi connectivity index (χ0) is 15.1. The highest BCUT2D eigenvalue weighted by Crippen LogP contribution is 2.34. The second-order valence-electron chi connectivity index (χ2n) is 5.49. The van der Waals surface area contributed by atoms with Gasteiger partial charge in [-0.25, -0.2) is 4.98 Å². The smallest absolute Gasteiger partial charge is 0.188 e. The molecule has 2 aromatic carbocycles. The summed E-state index contributed by atoms with van der Waals surface area (Å²) in [5, 5.41) is 4.44. The number of thiazole rings is 1. The molecule has 1 aromatic heterocycles. The Balaban J connectivity index is 2.05. The molecule has 3 aromatic rings. The molecule has 2 nitrogen and oxygen atoms in total. The second-order valence-corrected chi connectivity index (χ2v) is 7.43. The number of benzene rings is 2. The first kappa shape index (κ1) is 14.5. The number of aryl methyl sites for hydroxylation is 4. The minimum atomic E-state index is 0.946. The molecular weight excluding hydrogens is 344 g/mol. The minimum absolute atomic E-state index is 0.946. The SMILES string of the molecule is Cc1cc(C)c(Nc2nc3c(C)cc(Br)cc3s2)c(C)c1. The molecule has 0 saturated heterocycles. The summed E-state index contributed by atoms with van der Waals surface area (Å²) in [5.74, 6) is 0. The molecule has 108 valence electrons. The maximum absolute atomic E-state index is 4.74. The van der Waals surface area contributed by atoms with Crippen molar-refractivity contribution in [3.63, 3.8) is 0 Å². The molecule has 0 aliphatic carbocycles. The zero-order valence-corrected chi connectivity index (χ0v) is 14.9. The van der Waals surface area contributed by atoms with Crippen LogP contribution in [0.4, 0.5) is 10.8 Å². The molecular formula is C17H17BrN2S. The maximum Gasteiger partial charge on any atom is 0.188 e. The summed E-state index contributed by atoms with van der Waals surface area (Å²) in [5.41, 5.74) is 7.24. The van der Waals surface area contributed by atoms with Crippen molar-refractivity contribution in [2.24, 2.45) is 0 Å². The third-order valence-electron chi connectivity index (χ3n) is 3.56. The predicted molar refractivity (Wildman–Crippen MR) is 96.0 cm³/mol. The monoisotopic (exact) mass is 360 g/mol. The molecule has 0 atom stereocenters. The number of fused-ring (bicyclic) bond motifs is 1. The Hall–Kier alpha value is -1.39. The Labute approximate surface area is 137 Å². The van der Waals surface area contributed by atoms with Crippen LogP contribution in [-0.4, -0.2) is 4.98 Å². The third kappa shape index (κ3) is 2.83. The van der Waals surface area contributed by atoms with E-state index in [1.165, 1.54) is 27.0 Å². The van der Waals surface area contributed by atoms with Crippen LogP contribution < -0.4 is 5.32 Å². The predicted octanol–water partition coefficient (Wildman–Crippen LogP) is 6.04. The zero-order valence-electron chi connectivity index (χ0n) is 12.5. The van der Waals surface area contributed by atoms with E-state index in [2.05, 4.69) is 73.2 Å². The average molecular weight is 361 g/mol. The fraction of sp³-hybridized carbons (Fsp3) is 0.235. The molecule has 3 rings (SSSR count). The number of halogens is 1. The first-order chi connectivity index (χ1) is 9.94. The lowest BCUT2D eigenvalue weighted by molar-refractivity contribution is 1.30. The number of anilines is 2. The molecule has 0 fully saturated rings. The highest BCUT2D eigenvalue weighted by Gasteiger charge is 2.10. The summed E-state index contributed by atoms with van der Waals surface area (Å²) in [6.45, 7) is 8.50. The van der Waals surface area contributed by atoms with Crippen molar-refractivity contribution in [2.45, 2.75) is 27.7 Å². The molecule has 0 aliphatic heterocycles. The van der Waals surface area contributed by atoms with Crippen molar-refractivity contribution < 1.29 is 0 Å². The summed E-state index contributed by atoms with van der Waals surface area (Å²) in [4.78, 5) is 4.74. The highest BCUT2D eigenvalue weighted by molar-refractivity contribution is 9.10. The standard InChI is InChI=1S/C17H17BrN2S/c1-9-5-10(2)15(11(3)6-9)19-17-20-16-12(4)7-13(18)8-14(16)21-17/h5-8H,1-4H3,(H,19,20). The van der Waals surface area contributed by atoms with Crippen molar-refractivity contribution in [1.29, 1.82) is 0 Å². The summed E-state index contributed by atoms with van der Waals surface area (Å²) >= 11 is 5.24. The van der Waals surface area contributed by atoms with Gasteiger partial charge in [-0.1, -0.05) is 45.0 Å². The number of aromatic nitrogens is 1. The molecule has 21 heavy (non-hydrogen) atoms. The summed E-state index contributed by atoms with van der Waals surface area (Å²) < 4.78 is 2.30. The number of nitrogens with zero attached hydrogens (tertiary/aromatic N) is 1. The van der Waals surface area contributed by atoms with Crippen molar-refractivity contribution >= 4 is 48.3 Å². The Morgan fingerprint density at radius 1 is 0.952 bits per heavy atom. The van der Waals surface area contributed by atoms with Gasteiger partial charge in [0.25, 0.3) is 0 Å². The van der Waals surface area contributed by atoms with Crippen LogP contribution in [-0.2, 0) is 0 Å². The van der Waals surface area contributed by atoms with Gasteiger partial charge in [0.2, 0.25) is 0 Å². The number of hydrogen-bond donors (Lipinski definition) is 1. The molecule has 4 heteroatoms. The van der Waals surface area contributed by atoms with Gasteiger partial charge in [0.1, 0.15) is 0 Å². The van der Waals surface area contributed by atoms with Gasteiger partial charge in [-0.2, -0.15) is 0 Å². The molecule has 0 spiro atoms. The summed E-state index contributed by atoms with van der Waals surface area (Å²) in [6.07, 6.45) is 0. The lowest BCUT2D eigenvalue weighted by Gasteiger charge is -2.11. The number of hydrogen-bond acceptors (Lipinski definition) is 3. The van der Waals surface area contributed by atoms with Crippen molar-refractivity contribution in [1.82, 2.24) is 4.98 Å². The lowest BCUT2D eigenvalue weighted by atomic mass is 10.1. The van der Waals surface area contributed by atoms with Crippen LogP contribution in [0.15, 0.2) is 28.7 Å². The van der Waals surface area contributed by atoms with Crippen LogP contribution in [0, 0.1) is 27.7 Å². The summed E-state index contributed by atoms with van der Waals surface area (Å²) in [7, 11) is 0. The van der Waals surface area contributed by atoms with E-state index in [0.29, 0.717) is 0 Å². The van der Waals surface area contributed by atoms with Crippen LogP contribution in [0.2, 0.25) is 0 Å². The van der Waals surface area contributed by atoms with E-state index in [1.807, 2.05) is 0 Å². The second kappa shape index (κ2) is 5.43. The molecule has 1 heterocycles. The molecule has 0 bridgehead atoms. The quantitative estimate of drug-likeness (QED) is 0.602. The van der Waals surface area contributed by atoms with Gasteiger partial charge in [0.15, 0.2) is 5.13 Å². The Morgan fingerprint density at radius 2 is 1.62 bits per heavy atom. The molecule has 0 unspecified atom stereocenters. The number of rotatable bonds is 2. The van der Waals surface area contributed by atoms with Crippen LogP contribution in [0.5, 0.6) is 0 Å². The molecule has 0 amide bonds. The first-order valence-electron chi connectivity index (χ1n) is 6.85. The van der Waals surface area contributed by atoms with Gasteiger partial charge in [0, 0.05) is 10.2 Å². The number of nitrogens with one attached hydrogen (secondary N) is 1. The van der Waals surface area contributed by atoms with Crippen molar-refractivity contribution in [3.8, 4) is 0 Å². The minimum Gasteiger partial charge on any atom is -0.331 e. The van der Waals surface area contributed by atoms with E-state index in [1.54, 1.807) is 11.3 Å². The molecule has 1 N–H and O–H groups in total. The fourth-order valence-electron chi connectivity index (χ4n) is 2.69. The van der Waals surface area contributed by atoms with E-state index < -0.39 is 0 Å². The van der Waals surface area contributed by atoms with Gasteiger partial charge < -0.3 is 5.32 Å². The maximum atomic E-state index is 4.74. The van der Waals surface area contributed by atoms with Gasteiger partial charge in [-0.15, -0.1) is 0 Å². The van der Waals surface area contributed by atoms with Crippen LogP contribution in [0.3, 0.4) is 0 Å². The Bertz CT molecular complexity index is 813. The van der Waals surface area contributed by atoms with E-state index in [9.17, 15) is 0 Å². The summed E-state index contributed by atoms with van der Waals surface area (Å²) in [6, 6.07) is 8.63. The van der Waals surface area contributed by atoms with E-state index in [0.717, 1.165) is 20.8 Å². The normalized spacial score (nSPS) is 11.1. The fourth-order valence-corrected chi connectivity index (χ4v) is 4.40. The molecule has 0 radical (unpaired) electrons. The third-order valence-corrected chi connectivity index (χ3v) is 4.93. The highest BCUT2D eigenvalue weighted by atomic mass is 79.9. The largest absolute Gasteiger partial charge is 0.331 e. The first-order valence-corrected chi connectivity index (χ1v) is 8.46. The topological polar surface area (TPSA) is 24.9 Å². The van der Waals surface area contributed by atoms with Gasteiger partial charge in [-0.05, 0) is 56.5 Å². The van der Waals surface area contributed by atoms with Crippen molar-refractivity contribution in [3.05, 3.63) is 51.0 Å². The Morgan fingerprint density at radius 3 is 2.29 bits per heavy atom. The molecule has 0 saturated carbocycles. The lowest BCUT2D eigenvalue weighted by Crippen LogP contribution is -1.96.